The van der Waals surface area contributed by atoms with Crippen LogP contribution in [0.4, 0.5) is 5.69 Å². The van der Waals surface area contributed by atoms with E-state index in [4.69, 9.17) is 5.26 Å². The maximum atomic E-state index is 11.1. The summed E-state index contributed by atoms with van der Waals surface area (Å²) in [6, 6.07) is 4.23. The van der Waals surface area contributed by atoms with Crippen LogP contribution in [0.1, 0.15) is 29.8 Å². The highest BCUT2D eigenvalue weighted by molar-refractivity contribution is 5.77. The first-order valence-corrected chi connectivity index (χ1v) is 6.01. The Labute approximate surface area is 106 Å². The summed E-state index contributed by atoms with van der Waals surface area (Å²) in [7, 11) is 0. The maximum Gasteiger partial charge on any atom is 0.220 e. The Morgan fingerprint density at radius 3 is 2.94 bits per heavy atom. The number of nitriles is 1. The van der Waals surface area contributed by atoms with Crippen LogP contribution in [0.15, 0.2) is 6.07 Å². The highest BCUT2D eigenvalue weighted by atomic mass is 16.1. The van der Waals surface area contributed by atoms with Gasteiger partial charge in [-0.2, -0.15) is 5.26 Å². The van der Waals surface area contributed by atoms with Crippen molar-refractivity contribution in [1.82, 2.24) is 10.3 Å². The van der Waals surface area contributed by atoms with Crippen LogP contribution in [-0.2, 0) is 4.79 Å². The Balaban J connectivity index is 2.18. The summed E-state index contributed by atoms with van der Waals surface area (Å²) in [5, 5.41) is 15.3. The van der Waals surface area contributed by atoms with Gasteiger partial charge in [-0.15, -0.1) is 0 Å². The number of pyridine rings is 1. The van der Waals surface area contributed by atoms with Crippen molar-refractivity contribution in [3.05, 3.63) is 23.0 Å². The topological polar surface area (TPSA) is 77.8 Å². The monoisotopic (exact) mass is 244 g/mol. The van der Waals surface area contributed by atoms with Crippen LogP contribution in [0.3, 0.4) is 0 Å². The smallest absolute Gasteiger partial charge is 0.220 e. The fraction of sp³-hybridized carbons (Fsp3) is 0.462. The Bertz CT molecular complexity index is 508. The van der Waals surface area contributed by atoms with Crippen LogP contribution in [0.5, 0.6) is 0 Å². The van der Waals surface area contributed by atoms with Crippen molar-refractivity contribution in [2.75, 3.05) is 11.9 Å². The van der Waals surface area contributed by atoms with Crippen LogP contribution in [0.25, 0.3) is 0 Å². The molecule has 1 unspecified atom stereocenters. The second-order valence-corrected chi connectivity index (χ2v) is 4.57. The van der Waals surface area contributed by atoms with Crippen molar-refractivity contribution in [1.29, 1.82) is 5.26 Å². The molecule has 2 heterocycles. The molecule has 1 aliphatic heterocycles. The second-order valence-electron chi connectivity index (χ2n) is 4.57. The molecule has 18 heavy (non-hydrogen) atoms. The number of aryl methyl sites for hydroxylation is 2. The summed E-state index contributed by atoms with van der Waals surface area (Å²) in [6.45, 7) is 4.34. The predicted molar refractivity (Wildman–Crippen MR) is 68.1 cm³/mol. The Morgan fingerprint density at radius 1 is 1.56 bits per heavy atom. The molecule has 0 aromatic carbocycles. The molecule has 1 saturated heterocycles. The molecule has 2 N–H and O–H groups in total. The minimum Gasteiger partial charge on any atom is -0.379 e. The summed E-state index contributed by atoms with van der Waals surface area (Å²) in [5.74, 6) is 0.0932. The molecule has 1 fully saturated rings. The Hall–Kier alpha value is -2.09. The van der Waals surface area contributed by atoms with Crippen LogP contribution < -0.4 is 10.6 Å². The van der Waals surface area contributed by atoms with Gasteiger partial charge in [0.1, 0.15) is 6.07 Å². The van der Waals surface area contributed by atoms with Crippen molar-refractivity contribution in [2.24, 2.45) is 0 Å². The number of rotatable bonds is 2. The number of carbonyl (C=O) groups is 1. The van der Waals surface area contributed by atoms with E-state index in [1.807, 2.05) is 19.9 Å². The van der Waals surface area contributed by atoms with Gasteiger partial charge in [-0.1, -0.05) is 0 Å². The van der Waals surface area contributed by atoms with Crippen molar-refractivity contribution in [3.63, 3.8) is 0 Å². The molecule has 0 spiro atoms. The molecule has 1 atom stereocenters. The standard InChI is InChI=1S/C13H16N4O/c1-8-5-12(11(6-14)9(2)16-8)17-10-3-4-13(18)15-7-10/h5,10H,3-4,7H2,1-2H3,(H,15,18)(H,16,17). The summed E-state index contributed by atoms with van der Waals surface area (Å²) in [5.41, 5.74) is 3.01. The average Bonchev–Trinajstić information content (AvgIpc) is 2.32. The number of nitrogens with one attached hydrogen (secondary N) is 2. The molecule has 0 saturated carbocycles. The Morgan fingerprint density at radius 2 is 2.33 bits per heavy atom. The molecule has 5 heteroatoms. The van der Waals surface area contributed by atoms with Gasteiger partial charge < -0.3 is 10.6 Å². The Kier molecular flexibility index (Phi) is 3.47. The van der Waals surface area contributed by atoms with E-state index in [9.17, 15) is 4.79 Å². The SMILES string of the molecule is Cc1cc(NC2CCC(=O)NC2)c(C#N)c(C)n1. The lowest BCUT2D eigenvalue weighted by Gasteiger charge is -2.25. The van der Waals surface area contributed by atoms with E-state index in [1.54, 1.807) is 0 Å². The number of carbonyl (C=O) groups excluding carboxylic acids is 1. The van der Waals surface area contributed by atoms with E-state index in [0.29, 0.717) is 18.5 Å². The summed E-state index contributed by atoms with van der Waals surface area (Å²) in [6.07, 6.45) is 1.32. The number of anilines is 1. The number of aromatic nitrogens is 1. The minimum atomic E-state index is 0.0932. The van der Waals surface area contributed by atoms with Crippen molar-refractivity contribution in [2.45, 2.75) is 32.7 Å². The molecule has 1 amide bonds. The van der Waals surface area contributed by atoms with Crippen molar-refractivity contribution >= 4 is 11.6 Å². The second kappa shape index (κ2) is 5.05. The molecule has 1 aromatic rings. The summed E-state index contributed by atoms with van der Waals surface area (Å²) in [4.78, 5) is 15.4. The molecule has 0 bridgehead atoms. The lowest BCUT2D eigenvalue weighted by Crippen LogP contribution is -2.42. The quantitative estimate of drug-likeness (QED) is 0.821. The predicted octanol–water partition coefficient (Wildman–Crippen LogP) is 1.26. The molecular weight excluding hydrogens is 228 g/mol. The molecule has 2 rings (SSSR count). The van der Waals surface area contributed by atoms with Gasteiger partial charge in [0.25, 0.3) is 0 Å². The largest absolute Gasteiger partial charge is 0.379 e. The maximum absolute atomic E-state index is 11.1. The first-order chi connectivity index (χ1) is 8.60. The minimum absolute atomic E-state index is 0.0932. The van der Waals surface area contributed by atoms with E-state index in [-0.39, 0.29) is 11.9 Å². The lowest BCUT2D eigenvalue weighted by atomic mass is 10.1. The van der Waals surface area contributed by atoms with Gasteiger partial charge in [-0.05, 0) is 26.3 Å². The summed E-state index contributed by atoms with van der Waals surface area (Å²) >= 11 is 0. The highest BCUT2D eigenvalue weighted by Gasteiger charge is 2.19. The van der Waals surface area contributed by atoms with Crippen LogP contribution in [0.2, 0.25) is 0 Å². The average molecular weight is 244 g/mol. The van der Waals surface area contributed by atoms with E-state index >= 15 is 0 Å². The molecule has 1 aromatic heterocycles. The van der Waals surface area contributed by atoms with Gasteiger partial charge in [0.05, 0.1) is 16.9 Å². The van der Waals surface area contributed by atoms with Crippen LogP contribution >= 0.6 is 0 Å². The van der Waals surface area contributed by atoms with E-state index in [1.165, 1.54) is 0 Å². The van der Waals surface area contributed by atoms with Crippen LogP contribution in [-0.4, -0.2) is 23.5 Å². The number of nitrogens with zero attached hydrogens (tertiary/aromatic N) is 2. The normalized spacial score (nSPS) is 18.9. The van der Waals surface area contributed by atoms with E-state index in [2.05, 4.69) is 21.7 Å². The number of amides is 1. The summed E-state index contributed by atoms with van der Waals surface area (Å²) < 4.78 is 0. The first kappa shape index (κ1) is 12.4. The van der Waals surface area contributed by atoms with E-state index < -0.39 is 0 Å². The lowest BCUT2D eigenvalue weighted by molar-refractivity contribution is -0.122. The molecular formula is C13H16N4O. The number of hydrogen-bond donors (Lipinski definition) is 2. The molecule has 94 valence electrons. The molecule has 5 nitrogen and oxygen atoms in total. The zero-order chi connectivity index (χ0) is 13.1. The third-order valence-corrected chi connectivity index (χ3v) is 3.07. The molecule has 0 aliphatic carbocycles. The number of hydrogen-bond acceptors (Lipinski definition) is 4. The van der Waals surface area contributed by atoms with Crippen LogP contribution in [0, 0.1) is 25.2 Å². The number of piperidine rings is 1. The third kappa shape index (κ3) is 2.59. The molecule has 0 radical (unpaired) electrons. The fourth-order valence-corrected chi connectivity index (χ4v) is 2.16. The van der Waals surface area contributed by atoms with Gasteiger partial charge in [0, 0.05) is 24.7 Å². The molecule has 1 aliphatic rings. The van der Waals surface area contributed by atoms with Gasteiger partial charge in [-0.25, -0.2) is 0 Å². The third-order valence-electron chi connectivity index (χ3n) is 3.07. The van der Waals surface area contributed by atoms with Crippen molar-refractivity contribution in [3.8, 4) is 6.07 Å². The van der Waals surface area contributed by atoms with Gasteiger partial charge in [0.15, 0.2) is 0 Å². The van der Waals surface area contributed by atoms with Gasteiger partial charge >= 0.3 is 0 Å². The van der Waals surface area contributed by atoms with Gasteiger partial charge in [-0.3, -0.25) is 9.78 Å². The highest BCUT2D eigenvalue weighted by Crippen LogP contribution is 2.21. The zero-order valence-corrected chi connectivity index (χ0v) is 10.6. The zero-order valence-electron chi connectivity index (χ0n) is 10.6. The fourth-order valence-electron chi connectivity index (χ4n) is 2.16. The van der Waals surface area contributed by atoms with Crippen molar-refractivity contribution < 1.29 is 4.79 Å². The first-order valence-electron chi connectivity index (χ1n) is 6.01. The van der Waals surface area contributed by atoms with Gasteiger partial charge in [0.2, 0.25) is 5.91 Å². The van der Waals surface area contributed by atoms with E-state index in [0.717, 1.165) is 23.5 Å².